The van der Waals surface area contributed by atoms with Crippen molar-refractivity contribution in [3.63, 3.8) is 0 Å². The van der Waals surface area contributed by atoms with Gasteiger partial charge < -0.3 is 15.0 Å². The van der Waals surface area contributed by atoms with Gasteiger partial charge in [0.25, 0.3) is 0 Å². The van der Waals surface area contributed by atoms with Crippen molar-refractivity contribution in [2.24, 2.45) is 0 Å². The number of nitrogens with one attached hydrogen (secondary N) is 2. The van der Waals surface area contributed by atoms with E-state index in [2.05, 4.69) is 52.8 Å². The Morgan fingerprint density at radius 3 is 3.00 bits per heavy atom. The maximum absolute atomic E-state index is 5.88. The van der Waals surface area contributed by atoms with Crippen LogP contribution in [0.4, 0.5) is 0 Å². The summed E-state index contributed by atoms with van der Waals surface area (Å²) in [5.41, 5.74) is 6.77. The molecule has 2 N–H and O–H groups in total. The molecular weight excluding hydrogens is 284 g/mol. The fraction of sp³-hybridized carbons (Fsp3) is 0.300. The van der Waals surface area contributed by atoms with Crippen molar-refractivity contribution in [2.75, 3.05) is 13.2 Å². The van der Waals surface area contributed by atoms with E-state index in [0.717, 1.165) is 38.2 Å². The molecule has 0 fully saturated rings. The molecule has 0 saturated carbocycles. The normalized spacial score (nSPS) is 19.4. The maximum Gasteiger partial charge on any atom is 0.125 e. The highest BCUT2D eigenvalue weighted by atomic mass is 16.5. The summed E-state index contributed by atoms with van der Waals surface area (Å²) >= 11 is 0. The van der Waals surface area contributed by atoms with Crippen molar-refractivity contribution in [1.29, 1.82) is 0 Å². The molecule has 5 rings (SSSR count). The lowest BCUT2D eigenvalue weighted by Gasteiger charge is -2.25. The fourth-order valence-corrected chi connectivity index (χ4v) is 4.10. The monoisotopic (exact) mass is 304 g/mol. The molecule has 2 aliphatic heterocycles. The minimum Gasteiger partial charge on any atom is -0.493 e. The molecule has 3 aromatic rings. The van der Waals surface area contributed by atoms with Gasteiger partial charge in [-0.25, -0.2) is 0 Å². The van der Waals surface area contributed by atoms with Gasteiger partial charge in [-0.3, -0.25) is 0 Å². The summed E-state index contributed by atoms with van der Waals surface area (Å²) in [5, 5.41) is 5.07. The van der Waals surface area contributed by atoms with Crippen LogP contribution in [0.3, 0.4) is 0 Å². The zero-order valence-electron chi connectivity index (χ0n) is 13.1. The van der Waals surface area contributed by atoms with Crippen LogP contribution in [0.2, 0.25) is 0 Å². The molecule has 23 heavy (non-hydrogen) atoms. The fourth-order valence-electron chi connectivity index (χ4n) is 4.10. The molecule has 0 bridgehead atoms. The van der Waals surface area contributed by atoms with Gasteiger partial charge in [-0.1, -0.05) is 36.4 Å². The summed E-state index contributed by atoms with van der Waals surface area (Å²) < 4.78 is 5.88. The van der Waals surface area contributed by atoms with Gasteiger partial charge in [-0.05, 0) is 42.1 Å². The van der Waals surface area contributed by atoms with Crippen molar-refractivity contribution in [3.05, 3.63) is 64.8 Å². The van der Waals surface area contributed by atoms with Crippen molar-refractivity contribution in [3.8, 4) is 5.75 Å². The molecule has 0 amide bonds. The third-order valence-electron chi connectivity index (χ3n) is 5.18. The second kappa shape index (κ2) is 5.14. The number of hydrogen-bond acceptors (Lipinski definition) is 2. The summed E-state index contributed by atoms with van der Waals surface area (Å²) in [6, 6.07) is 15.5. The van der Waals surface area contributed by atoms with Crippen LogP contribution in [0.5, 0.6) is 5.75 Å². The Balaban J connectivity index is 1.55. The Morgan fingerprint density at radius 2 is 2.00 bits per heavy atom. The number of aromatic nitrogens is 1. The van der Waals surface area contributed by atoms with Gasteiger partial charge in [0.05, 0.1) is 12.6 Å². The number of rotatable bonds is 2. The number of aromatic amines is 1. The Bertz CT molecular complexity index is 880. The zero-order valence-corrected chi connectivity index (χ0v) is 13.1. The third kappa shape index (κ3) is 2.07. The third-order valence-corrected chi connectivity index (χ3v) is 5.18. The predicted molar refractivity (Wildman–Crippen MR) is 92.1 cm³/mol. The summed E-state index contributed by atoms with van der Waals surface area (Å²) in [6.07, 6.45) is 3.11. The number of benzene rings is 2. The first-order chi connectivity index (χ1) is 11.4. The molecule has 2 aliphatic rings. The van der Waals surface area contributed by atoms with E-state index in [0.29, 0.717) is 6.04 Å². The summed E-state index contributed by atoms with van der Waals surface area (Å²) in [4.78, 5) is 3.65. The van der Waals surface area contributed by atoms with E-state index in [4.69, 9.17) is 4.74 Å². The van der Waals surface area contributed by atoms with Gasteiger partial charge in [0.1, 0.15) is 5.75 Å². The number of ether oxygens (including phenoxy) is 1. The zero-order chi connectivity index (χ0) is 15.2. The molecule has 2 aromatic carbocycles. The van der Waals surface area contributed by atoms with E-state index in [-0.39, 0.29) is 0 Å². The molecule has 0 spiro atoms. The predicted octanol–water partition coefficient (Wildman–Crippen LogP) is 3.53. The van der Waals surface area contributed by atoms with Crippen molar-refractivity contribution in [2.45, 2.75) is 25.3 Å². The van der Waals surface area contributed by atoms with E-state index in [1.807, 2.05) is 0 Å². The molecule has 1 unspecified atom stereocenters. The van der Waals surface area contributed by atoms with Crippen LogP contribution in [-0.4, -0.2) is 18.1 Å². The van der Waals surface area contributed by atoms with Gasteiger partial charge in [0.15, 0.2) is 0 Å². The second-order valence-corrected chi connectivity index (χ2v) is 6.53. The lowest BCUT2D eigenvalue weighted by atomic mass is 9.93. The quantitative estimate of drug-likeness (QED) is 0.760. The lowest BCUT2D eigenvalue weighted by Crippen LogP contribution is -2.31. The van der Waals surface area contributed by atoms with E-state index >= 15 is 0 Å². The van der Waals surface area contributed by atoms with Crippen molar-refractivity contribution in [1.82, 2.24) is 10.3 Å². The summed E-state index contributed by atoms with van der Waals surface area (Å²) in [6.45, 7) is 1.86. The molecule has 3 nitrogen and oxygen atoms in total. The highest BCUT2D eigenvalue weighted by Gasteiger charge is 2.26. The number of fused-ring (bicyclic) bond motifs is 4. The van der Waals surface area contributed by atoms with Gasteiger partial charge >= 0.3 is 0 Å². The van der Waals surface area contributed by atoms with Crippen LogP contribution >= 0.6 is 0 Å². The standard InChI is InChI=1S/C20H20N2O/c1-2-7-17-15(6-1)16-8-10-21-18(19(16)22-17)12-14-5-3-4-13-9-11-23-20(13)14/h1-7,18,21-22H,8-12H2. The van der Waals surface area contributed by atoms with Crippen LogP contribution in [0, 0.1) is 0 Å². The molecule has 3 heteroatoms. The van der Waals surface area contributed by atoms with E-state index in [1.165, 1.54) is 33.3 Å². The van der Waals surface area contributed by atoms with Gasteiger partial charge in [-0.2, -0.15) is 0 Å². The second-order valence-electron chi connectivity index (χ2n) is 6.53. The molecule has 0 radical (unpaired) electrons. The minimum atomic E-state index is 0.335. The van der Waals surface area contributed by atoms with Gasteiger partial charge in [-0.15, -0.1) is 0 Å². The number of para-hydroxylation sites is 2. The maximum atomic E-state index is 5.88. The SMILES string of the molecule is c1cc2c(c(CC3NCCc4c3[nH]c3ccccc43)c1)OCC2. The molecule has 1 atom stereocenters. The molecule has 116 valence electrons. The van der Waals surface area contributed by atoms with E-state index in [9.17, 15) is 0 Å². The van der Waals surface area contributed by atoms with Crippen LogP contribution in [0.1, 0.15) is 28.4 Å². The molecular formula is C20H20N2O. The first-order valence-electron chi connectivity index (χ1n) is 8.46. The largest absolute Gasteiger partial charge is 0.493 e. The van der Waals surface area contributed by atoms with Crippen molar-refractivity contribution < 1.29 is 4.74 Å². The Hall–Kier alpha value is -2.26. The van der Waals surface area contributed by atoms with Gasteiger partial charge in [0.2, 0.25) is 0 Å². The molecule has 0 saturated heterocycles. The Labute approximate surface area is 135 Å². The average Bonchev–Trinajstić information content (AvgIpc) is 3.20. The molecule has 3 heterocycles. The van der Waals surface area contributed by atoms with Crippen LogP contribution in [0.25, 0.3) is 10.9 Å². The van der Waals surface area contributed by atoms with E-state index < -0.39 is 0 Å². The average molecular weight is 304 g/mol. The summed E-state index contributed by atoms with van der Waals surface area (Å²) in [5.74, 6) is 1.12. The Kier molecular flexibility index (Phi) is 2.95. The van der Waals surface area contributed by atoms with Crippen LogP contribution in [-0.2, 0) is 19.3 Å². The number of H-pyrrole nitrogens is 1. The lowest BCUT2D eigenvalue weighted by molar-refractivity contribution is 0.351. The topological polar surface area (TPSA) is 37.0 Å². The first-order valence-corrected chi connectivity index (χ1v) is 8.46. The Morgan fingerprint density at radius 1 is 1.04 bits per heavy atom. The minimum absolute atomic E-state index is 0.335. The van der Waals surface area contributed by atoms with Crippen LogP contribution < -0.4 is 10.1 Å². The highest BCUT2D eigenvalue weighted by molar-refractivity contribution is 5.85. The molecule has 1 aromatic heterocycles. The smallest absolute Gasteiger partial charge is 0.125 e. The van der Waals surface area contributed by atoms with E-state index in [1.54, 1.807) is 0 Å². The van der Waals surface area contributed by atoms with Crippen LogP contribution in [0.15, 0.2) is 42.5 Å². The van der Waals surface area contributed by atoms with Crippen molar-refractivity contribution >= 4 is 10.9 Å². The number of hydrogen-bond donors (Lipinski definition) is 2. The first kappa shape index (κ1) is 13.2. The highest BCUT2D eigenvalue weighted by Crippen LogP contribution is 2.35. The molecule has 0 aliphatic carbocycles. The van der Waals surface area contributed by atoms with Gasteiger partial charge in [0, 0.05) is 23.0 Å². The summed E-state index contributed by atoms with van der Waals surface area (Å²) in [7, 11) is 0.